The third-order valence-electron chi connectivity index (χ3n) is 2.39. The summed E-state index contributed by atoms with van der Waals surface area (Å²) in [6.45, 7) is 8.02. The van der Waals surface area contributed by atoms with Crippen LogP contribution in [0.3, 0.4) is 0 Å². The van der Waals surface area contributed by atoms with Gasteiger partial charge >= 0.3 is 0 Å². The molecule has 1 rings (SSSR count). The van der Waals surface area contributed by atoms with Gasteiger partial charge in [-0.1, -0.05) is 13.8 Å². The van der Waals surface area contributed by atoms with Gasteiger partial charge in [-0.15, -0.1) is 0 Å². The topological polar surface area (TPSA) is 32.3 Å². The lowest BCUT2D eigenvalue weighted by Crippen LogP contribution is -2.42. The molecule has 0 spiro atoms. The Labute approximate surface area is 80.5 Å². The minimum atomic E-state index is 0.306. The van der Waals surface area contributed by atoms with Gasteiger partial charge in [0.05, 0.1) is 0 Å². The standard InChI is InChI=1S/C10H20N2O/c1-3-6-12-8-9(2)7-11-5-4-10(12)13/h9,11H,3-8H2,1-2H3. The SMILES string of the molecule is CCCN1CC(C)CNCCC1=O. The number of hydrogen-bond acceptors (Lipinski definition) is 2. The fourth-order valence-electron chi connectivity index (χ4n) is 1.73. The Morgan fingerprint density at radius 2 is 2.38 bits per heavy atom. The minimum Gasteiger partial charge on any atom is -0.342 e. The zero-order valence-electron chi connectivity index (χ0n) is 8.68. The van der Waals surface area contributed by atoms with Crippen LogP contribution in [0.2, 0.25) is 0 Å². The molecule has 0 aromatic rings. The van der Waals surface area contributed by atoms with Crippen molar-refractivity contribution >= 4 is 5.91 Å². The summed E-state index contributed by atoms with van der Waals surface area (Å²) in [6.07, 6.45) is 1.72. The van der Waals surface area contributed by atoms with E-state index in [0.717, 1.165) is 32.6 Å². The van der Waals surface area contributed by atoms with E-state index in [1.165, 1.54) is 0 Å². The first-order valence-electron chi connectivity index (χ1n) is 5.22. The molecule has 0 aliphatic carbocycles. The molecular formula is C10H20N2O. The number of carbonyl (C=O) groups excluding carboxylic acids is 1. The van der Waals surface area contributed by atoms with E-state index in [0.29, 0.717) is 18.2 Å². The highest BCUT2D eigenvalue weighted by Gasteiger charge is 2.17. The molecule has 0 radical (unpaired) electrons. The molecule has 76 valence electrons. The molecular weight excluding hydrogens is 164 g/mol. The maximum atomic E-state index is 11.6. The van der Waals surface area contributed by atoms with Crippen molar-refractivity contribution in [3.63, 3.8) is 0 Å². The Hall–Kier alpha value is -0.570. The van der Waals surface area contributed by atoms with Crippen molar-refractivity contribution in [2.75, 3.05) is 26.2 Å². The van der Waals surface area contributed by atoms with Crippen LogP contribution in [0.5, 0.6) is 0 Å². The van der Waals surface area contributed by atoms with Crippen LogP contribution in [0, 0.1) is 5.92 Å². The second-order valence-corrected chi connectivity index (χ2v) is 3.90. The Bertz CT molecular complexity index is 170. The summed E-state index contributed by atoms with van der Waals surface area (Å²) < 4.78 is 0. The Kier molecular flexibility index (Phi) is 4.22. The van der Waals surface area contributed by atoms with E-state index in [9.17, 15) is 4.79 Å². The lowest BCUT2D eigenvalue weighted by atomic mass is 10.1. The van der Waals surface area contributed by atoms with Crippen LogP contribution >= 0.6 is 0 Å². The van der Waals surface area contributed by atoms with E-state index >= 15 is 0 Å². The summed E-state index contributed by atoms with van der Waals surface area (Å²) in [5.41, 5.74) is 0. The lowest BCUT2D eigenvalue weighted by molar-refractivity contribution is -0.132. The number of nitrogens with zero attached hydrogens (tertiary/aromatic N) is 1. The Morgan fingerprint density at radius 1 is 1.62 bits per heavy atom. The molecule has 13 heavy (non-hydrogen) atoms. The maximum absolute atomic E-state index is 11.6. The zero-order valence-corrected chi connectivity index (χ0v) is 8.68. The normalized spacial score (nSPS) is 25.5. The van der Waals surface area contributed by atoms with Crippen LogP contribution in [0.15, 0.2) is 0 Å². The lowest BCUT2D eigenvalue weighted by Gasteiger charge is -2.28. The molecule has 1 heterocycles. The van der Waals surface area contributed by atoms with Crippen molar-refractivity contribution < 1.29 is 4.79 Å². The van der Waals surface area contributed by atoms with Crippen LogP contribution in [0.1, 0.15) is 26.7 Å². The van der Waals surface area contributed by atoms with E-state index in [1.54, 1.807) is 0 Å². The van der Waals surface area contributed by atoms with Gasteiger partial charge in [-0.2, -0.15) is 0 Å². The van der Waals surface area contributed by atoms with Crippen LogP contribution in [-0.4, -0.2) is 37.0 Å². The van der Waals surface area contributed by atoms with Gasteiger partial charge in [0.25, 0.3) is 0 Å². The monoisotopic (exact) mass is 184 g/mol. The third kappa shape index (κ3) is 3.35. The molecule has 0 bridgehead atoms. The molecule has 0 aromatic heterocycles. The molecule has 3 nitrogen and oxygen atoms in total. The van der Waals surface area contributed by atoms with Gasteiger partial charge in [0, 0.05) is 26.1 Å². The van der Waals surface area contributed by atoms with Crippen molar-refractivity contribution in [1.29, 1.82) is 0 Å². The summed E-state index contributed by atoms with van der Waals surface area (Å²) in [4.78, 5) is 13.6. The van der Waals surface area contributed by atoms with E-state index in [4.69, 9.17) is 0 Å². The van der Waals surface area contributed by atoms with Gasteiger partial charge < -0.3 is 10.2 Å². The van der Waals surface area contributed by atoms with Gasteiger partial charge in [0.2, 0.25) is 5.91 Å². The predicted molar refractivity (Wildman–Crippen MR) is 53.5 cm³/mol. The van der Waals surface area contributed by atoms with E-state index in [2.05, 4.69) is 19.2 Å². The van der Waals surface area contributed by atoms with Crippen molar-refractivity contribution in [2.24, 2.45) is 5.92 Å². The summed E-state index contributed by atoms with van der Waals surface area (Å²) in [5, 5.41) is 3.28. The highest BCUT2D eigenvalue weighted by atomic mass is 16.2. The second kappa shape index (κ2) is 5.22. The first-order chi connectivity index (χ1) is 6.24. The average Bonchev–Trinajstić information content (AvgIpc) is 2.09. The molecule has 1 aliphatic rings. The van der Waals surface area contributed by atoms with Gasteiger partial charge in [-0.25, -0.2) is 0 Å². The van der Waals surface area contributed by atoms with Gasteiger partial charge in [-0.05, 0) is 18.9 Å². The van der Waals surface area contributed by atoms with E-state index < -0.39 is 0 Å². The van der Waals surface area contributed by atoms with Gasteiger partial charge in [-0.3, -0.25) is 4.79 Å². The molecule has 3 heteroatoms. The molecule has 0 saturated carbocycles. The number of amides is 1. The highest BCUT2D eigenvalue weighted by molar-refractivity contribution is 5.76. The third-order valence-corrected chi connectivity index (χ3v) is 2.39. The molecule has 0 aromatic carbocycles. The number of nitrogens with one attached hydrogen (secondary N) is 1. The molecule has 1 fully saturated rings. The molecule has 1 unspecified atom stereocenters. The molecule has 1 aliphatic heterocycles. The second-order valence-electron chi connectivity index (χ2n) is 3.90. The Morgan fingerprint density at radius 3 is 3.08 bits per heavy atom. The van der Waals surface area contributed by atoms with Crippen LogP contribution in [0.25, 0.3) is 0 Å². The summed E-state index contributed by atoms with van der Waals surface area (Å²) >= 11 is 0. The predicted octanol–water partition coefficient (Wildman–Crippen LogP) is 0.854. The van der Waals surface area contributed by atoms with Crippen LogP contribution < -0.4 is 5.32 Å². The van der Waals surface area contributed by atoms with Crippen molar-refractivity contribution in [1.82, 2.24) is 10.2 Å². The summed E-state index contributed by atoms with van der Waals surface area (Å²) in [7, 11) is 0. The zero-order chi connectivity index (χ0) is 9.68. The van der Waals surface area contributed by atoms with E-state index in [-0.39, 0.29) is 0 Å². The van der Waals surface area contributed by atoms with Gasteiger partial charge in [0.15, 0.2) is 0 Å². The molecule has 1 N–H and O–H groups in total. The van der Waals surface area contributed by atoms with Crippen LogP contribution in [-0.2, 0) is 4.79 Å². The van der Waals surface area contributed by atoms with Crippen molar-refractivity contribution in [2.45, 2.75) is 26.7 Å². The molecule has 1 atom stereocenters. The average molecular weight is 184 g/mol. The number of hydrogen-bond donors (Lipinski definition) is 1. The fraction of sp³-hybridized carbons (Fsp3) is 0.900. The fourth-order valence-corrected chi connectivity index (χ4v) is 1.73. The highest BCUT2D eigenvalue weighted by Crippen LogP contribution is 2.05. The van der Waals surface area contributed by atoms with Crippen LogP contribution in [0.4, 0.5) is 0 Å². The minimum absolute atomic E-state index is 0.306. The number of carbonyl (C=O) groups is 1. The first kappa shape index (κ1) is 10.5. The smallest absolute Gasteiger partial charge is 0.223 e. The Balaban J connectivity index is 2.48. The first-order valence-corrected chi connectivity index (χ1v) is 5.22. The maximum Gasteiger partial charge on any atom is 0.223 e. The quantitative estimate of drug-likeness (QED) is 0.690. The largest absolute Gasteiger partial charge is 0.342 e. The van der Waals surface area contributed by atoms with Crippen molar-refractivity contribution in [3.8, 4) is 0 Å². The summed E-state index contributed by atoms with van der Waals surface area (Å²) in [5.74, 6) is 0.886. The van der Waals surface area contributed by atoms with E-state index in [1.807, 2.05) is 4.90 Å². The number of rotatable bonds is 2. The molecule has 1 saturated heterocycles. The van der Waals surface area contributed by atoms with Crippen molar-refractivity contribution in [3.05, 3.63) is 0 Å². The van der Waals surface area contributed by atoms with Gasteiger partial charge in [0.1, 0.15) is 0 Å². The summed E-state index contributed by atoms with van der Waals surface area (Å²) in [6, 6.07) is 0. The molecule has 1 amide bonds.